The molecule has 4 amide bonds. The van der Waals surface area contributed by atoms with Crippen molar-refractivity contribution >= 4 is 116 Å². The molecule has 0 heterocycles. The van der Waals surface area contributed by atoms with Gasteiger partial charge < -0.3 is 21.3 Å². The van der Waals surface area contributed by atoms with Gasteiger partial charge in [-0.3, -0.25) is 28.8 Å². The molecule has 4 N–H and O–H groups in total. The summed E-state index contributed by atoms with van der Waals surface area (Å²) in [7, 11) is 0. The number of para-hydroxylation sites is 2. The number of azo groups is 2. The van der Waals surface area contributed by atoms with Gasteiger partial charge in [-0.2, -0.15) is 20.5 Å². The number of ketones is 2. The minimum absolute atomic E-state index is 0.0221. The number of nitrogens with zero attached hydrogens (tertiary/aromatic N) is 4. The highest BCUT2D eigenvalue weighted by molar-refractivity contribution is 6.39. The molecular weight excluding hydrogens is 830 g/mol. The van der Waals surface area contributed by atoms with Crippen molar-refractivity contribution < 1.29 is 28.8 Å². The number of carbonyl (C=O) groups is 6. The van der Waals surface area contributed by atoms with Gasteiger partial charge in [0.25, 0.3) is 23.6 Å². The van der Waals surface area contributed by atoms with E-state index in [1.165, 1.54) is 48.5 Å². The van der Waals surface area contributed by atoms with Crippen LogP contribution in [-0.4, -0.2) is 47.3 Å². The third-order valence-corrected chi connectivity index (χ3v) is 9.33. The van der Waals surface area contributed by atoms with Crippen molar-refractivity contribution in [3.63, 3.8) is 0 Å². The first-order valence-corrected chi connectivity index (χ1v) is 18.5. The van der Waals surface area contributed by atoms with Gasteiger partial charge >= 0.3 is 0 Å². The molecule has 14 nitrogen and oxygen atoms in total. The Balaban J connectivity index is 1.26. The number of halogens is 4. The summed E-state index contributed by atoms with van der Waals surface area (Å²) in [6.45, 7) is 2.25. The predicted molar refractivity (Wildman–Crippen MR) is 223 cm³/mol. The van der Waals surface area contributed by atoms with Gasteiger partial charge in [-0.15, -0.1) is 0 Å². The highest BCUT2D eigenvalue weighted by Gasteiger charge is 2.27. The molecule has 5 aromatic carbocycles. The lowest BCUT2D eigenvalue weighted by molar-refractivity contribution is -0.127. The van der Waals surface area contributed by atoms with Crippen LogP contribution in [0.2, 0.25) is 20.1 Å². The van der Waals surface area contributed by atoms with Gasteiger partial charge in [0.15, 0.2) is 11.6 Å². The minimum Gasteiger partial charge on any atom is -0.322 e. The standard InChI is InChI=1S/C40H30Cl4N8O6/c1-21(53)35(51-49-29-17-9-15-25(33(29)43)37(55)45-23-11-5-3-6-12-23)39(57)47-31-19-28(42)32(20-27(31)41)48-40(58)36(22(2)54)52-50-30-18-10-16-26(34(30)44)38(56)46-24-13-7-4-8-14-24/h3-20,35-36H,1-2H3,(H,45,55)(H,46,56)(H,47,57)(H,48,58). The van der Waals surface area contributed by atoms with Crippen LogP contribution in [0.15, 0.2) is 130 Å². The molecule has 2 atom stereocenters. The second kappa shape index (κ2) is 19.7. The third-order valence-electron chi connectivity index (χ3n) is 7.91. The van der Waals surface area contributed by atoms with Gasteiger partial charge in [-0.05, 0) is 74.5 Å². The first-order chi connectivity index (χ1) is 27.7. The Hall–Kier alpha value is -6.32. The lowest BCUT2D eigenvalue weighted by Gasteiger charge is -2.15. The summed E-state index contributed by atoms with van der Waals surface area (Å²) >= 11 is 25.8. The van der Waals surface area contributed by atoms with Gasteiger partial charge in [-0.1, -0.05) is 94.9 Å². The van der Waals surface area contributed by atoms with Crippen molar-refractivity contribution in [1.82, 2.24) is 0 Å². The highest BCUT2D eigenvalue weighted by atomic mass is 35.5. The van der Waals surface area contributed by atoms with E-state index in [4.69, 9.17) is 46.4 Å². The number of rotatable bonds is 14. The fourth-order valence-electron chi connectivity index (χ4n) is 5.00. The molecule has 0 spiro atoms. The molecule has 5 aromatic rings. The summed E-state index contributed by atoms with van der Waals surface area (Å²) in [5.41, 5.74) is 1.18. The zero-order valence-corrected chi connectivity index (χ0v) is 33.3. The van der Waals surface area contributed by atoms with Crippen LogP contribution < -0.4 is 21.3 Å². The number of anilines is 4. The average molecular weight is 861 g/mol. The SMILES string of the molecule is CC(=O)C(N=Nc1cccc(C(=O)Nc2ccccc2)c1Cl)C(=O)Nc1cc(Cl)c(NC(=O)C(N=Nc2cccc(C(=O)Nc3ccccc3)c2Cl)C(C)=O)cc1Cl. The number of Topliss-reactive ketones (excluding diaryl/α,β-unsaturated/α-hetero) is 2. The highest BCUT2D eigenvalue weighted by Crippen LogP contribution is 2.34. The molecule has 0 bridgehead atoms. The Morgan fingerprint density at radius 2 is 0.845 bits per heavy atom. The molecule has 0 saturated heterocycles. The molecule has 58 heavy (non-hydrogen) atoms. The van der Waals surface area contributed by atoms with Crippen LogP contribution in [0.5, 0.6) is 0 Å². The Bertz CT molecular complexity index is 2300. The number of nitrogens with one attached hydrogen (secondary N) is 4. The largest absolute Gasteiger partial charge is 0.322 e. The quantitative estimate of drug-likeness (QED) is 0.0632. The van der Waals surface area contributed by atoms with E-state index in [1.807, 2.05) is 0 Å². The zero-order valence-electron chi connectivity index (χ0n) is 30.3. The summed E-state index contributed by atoms with van der Waals surface area (Å²) in [6, 6.07) is 25.3. The summed E-state index contributed by atoms with van der Waals surface area (Å²) < 4.78 is 0. The molecule has 0 saturated carbocycles. The van der Waals surface area contributed by atoms with Crippen LogP contribution in [0.3, 0.4) is 0 Å². The van der Waals surface area contributed by atoms with Gasteiger partial charge in [0.1, 0.15) is 11.4 Å². The lowest BCUT2D eigenvalue weighted by atomic mass is 10.1. The van der Waals surface area contributed by atoms with E-state index in [9.17, 15) is 28.8 Å². The molecule has 5 rings (SSSR count). The Kier molecular flexibility index (Phi) is 14.5. The van der Waals surface area contributed by atoms with E-state index in [0.29, 0.717) is 11.4 Å². The molecule has 18 heteroatoms. The van der Waals surface area contributed by atoms with E-state index < -0.39 is 47.3 Å². The maximum atomic E-state index is 13.2. The van der Waals surface area contributed by atoms with Crippen molar-refractivity contribution in [1.29, 1.82) is 0 Å². The van der Waals surface area contributed by atoms with E-state index >= 15 is 0 Å². The van der Waals surface area contributed by atoms with Crippen LogP contribution in [0.4, 0.5) is 34.1 Å². The van der Waals surface area contributed by atoms with Crippen molar-refractivity contribution in [2.45, 2.75) is 25.9 Å². The molecule has 0 fully saturated rings. The normalized spacial score (nSPS) is 12.1. The number of benzene rings is 5. The van der Waals surface area contributed by atoms with Crippen LogP contribution in [0, 0.1) is 0 Å². The summed E-state index contributed by atoms with van der Waals surface area (Å²) in [5, 5.41) is 25.7. The molecule has 0 aliphatic heterocycles. The third kappa shape index (κ3) is 11.0. The van der Waals surface area contributed by atoms with E-state index in [0.717, 1.165) is 13.8 Å². The van der Waals surface area contributed by atoms with Gasteiger partial charge in [-0.25, -0.2) is 0 Å². The topological polar surface area (TPSA) is 200 Å². The predicted octanol–water partition coefficient (Wildman–Crippen LogP) is 10.2. The maximum absolute atomic E-state index is 13.2. The van der Waals surface area contributed by atoms with Crippen LogP contribution >= 0.6 is 46.4 Å². The minimum atomic E-state index is -1.67. The zero-order chi connectivity index (χ0) is 41.9. The smallest absolute Gasteiger partial charge is 0.258 e. The fraction of sp³-hybridized carbons (Fsp3) is 0.100. The van der Waals surface area contributed by atoms with Gasteiger partial charge in [0.2, 0.25) is 12.1 Å². The molecule has 2 unspecified atom stereocenters. The van der Waals surface area contributed by atoms with E-state index in [2.05, 4.69) is 41.7 Å². The van der Waals surface area contributed by atoms with Crippen LogP contribution in [0.25, 0.3) is 0 Å². The Morgan fingerprint density at radius 1 is 0.483 bits per heavy atom. The molecule has 294 valence electrons. The number of hydrogen-bond acceptors (Lipinski definition) is 10. The Labute approximate surface area is 351 Å². The van der Waals surface area contributed by atoms with E-state index in [1.54, 1.807) is 60.7 Å². The van der Waals surface area contributed by atoms with Crippen molar-refractivity contribution in [2.24, 2.45) is 20.5 Å². The first-order valence-electron chi connectivity index (χ1n) is 17.0. The van der Waals surface area contributed by atoms with Crippen LogP contribution in [0.1, 0.15) is 34.6 Å². The molecule has 0 radical (unpaired) electrons. The Morgan fingerprint density at radius 3 is 1.19 bits per heavy atom. The maximum Gasteiger partial charge on any atom is 0.258 e. The summed E-state index contributed by atoms with van der Waals surface area (Å²) in [5.74, 6) is -4.27. The van der Waals surface area contributed by atoms with Crippen LogP contribution in [-0.2, 0) is 19.2 Å². The molecule has 0 aliphatic carbocycles. The molecular formula is C40H30Cl4N8O6. The van der Waals surface area contributed by atoms with Gasteiger partial charge in [0.05, 0.1) is 42.6 Å². The van der Waals surface area contributed by atoms with E-state index in [-0.39, 0.29) is 54.0 Å². The number of amides is 4. The lowest BCUT2D eigenvalue weighted by Crippen LogP contribution is -2.32. The fourth-order valence-corrected chi connectivity index (χ4v) is 5.92. The molecule has 0 aromatic heterocycles. The summed E-state index contributed by atoms with van der Waals surface area (Å²) in [4.78, 5) is 77.2. The second-order valence-corrected chi connectivity index (χ2v) is 13.7. The summed E-state index contributed by atoms with van der Waals surface area (Å²) in [6.07, 6.45) is 0. The van der Waals surface area contributed by atoms with Crippen molar-refractivity contribution in [3.8, 4) is 0 Å². The first kappa shape index (κ1) is 42.8. The molecule has 0 aliphatic rings. The van der Waals surface area contributed by atoms with Gasteiger partial charge in [0, 0.05) is 11.4 Å². The average Bonchev–Trinajstić information content (AvgIpc) is 3.18. The van der Waals surface area contributed by atoms with Crippen molar-refractivity contribution in [3.05, 3.63) is 140 Å². The second-order valence-electron chi connectivity index (χ2n) is 12.2. The number of hydrogen-bond donors (Lipinski definition) is 4. The number of carbonyl (C=O) groups excluding carboxylic acids is 6. The monoisotopic (exact) mass is 858 g/mol. The van der Waals surface area contributed by atoms with Crippen molar-refractivity contribution in [2.75, 3.05) is 21.3 Å².